The van der Waals surface area contributed by atoms with E-state index < -0.39 is 10.0 Å². The van der Waals surface area contributed by atoms with Crippen LogP contribution in [-0.4, -0.2) is 39.3 Å². The molecule has 1 aromatic heterocycles. The number of nitrogens with zero attached hydrogens (tertiary/aromatic N) is 1. The van der Waals surface area contributed by atoms with E-state index in [0.29, 0.717) is 37.0 Å². The topological polar surface area (TPSA) is 77.5 Å². The van der Waals surface area contributed by atoms with Gasteiger partial charge in [-0.1, -0.05) is 11.6 Å². The van der Waals surface area contributed by atoms with Crippen LogP contribution in [0.15, 0.2) is 41.6 Å². The van der Waals surface area contributed by atoms with Gasteiger partial charge in [-0.15, -0.1) is 0 Å². The van der Waals surface area contributed by atoms with Crippen LogP contribution >= 0.6 is 11.6 Å². The number of pyridine rings is 1. The monoisotopic (exact) mass is 410 g/mol. The number of aryl methyl sites for hydroxylation is 1. The second-order valence-corrected chi connectivity index (χ2v) is 8.66. The van der Waals surface area contributed by atoms with Crippen LogP contribution in [-0.2, 0) is 21.2 Å². The maximum atomic E-state index is 13.0. The molecule has 2 heterocycles. The first-order valence-electron chi connectivity index (χ1n) is 8.82. The van der Waals surface area contributed by atoms with Crippen molar-refractivity contribution in [3.05, 3.63) is 52.8 Å². The SMILES string of the molecule is CCOc1cc(C)c(Cl)cc1S(=O)(=O)N[C@@H]1COC[C@H]1Cc1ccncc1. The van der Waals surface area contributed by atoms with Crippen molar-refractivity contribution >= 4 is 21.6 Å². The van der Waals surface area contributed by atoms with Gasteiger partial charge in [0.2, 0.25) is 10.0 Å². The van der Waals surface area contributed by atoms with Crippen molar-refractivity contribution < 1.29 is 17.9 Å². The summed E-state index contributed by atoms with van der Waals surface area (Å²) in [6, 6.07) is 6.63. The first kappa shape index (κ1) is 20.1. The zero-order valence-electron chi connectivity index (χ0n) is 15.3. The molecule has 3 rings (SSSR count). The Morgan fingerprint density at radius 2 is 2.04 bits per heavy atom. The molecule has 1 saturated heterocycles. The highest BCUT2D eigenvalue weighted by Crippen LogP contribution is 2.31. The van der Waals surface area contributed by atoms with Crippen molar-refractivity contribution in [2.75, 3.05) is 19.8 Å². The number of sulfonamides is 1. The third kappa shape index (κ3) is 4.79. The van der Waals surface area contributed by atoms with Crippen LogP contribution in [0.25, 0.3) is 0 Å². The second kappa shape index (κ2) is 8.56. The van der Waals surface area contributed by atoms with Crippen LogP contribution in [0.4, 0.5) is 0 Å². The van der Waals surface area contributed by atoms with E-state index in [1.165, 1.54) is 6.07 Å². The van der Waals surface area contributed by atoms with Gasteiger partial charge in [-0.05, 0) is 55.7 Å². The van der Waals surface area contributed by atoms with Gasteiger partial charge < -0.3 is 9.47 Å². The number of hydrogen-bond donors (Lipinski definition) is 1. The Kier molecular flexibility index (Phi) is 6.37. The summed E-state index contributed by atoms with van der Waals surface area (Å²) in [5.74, 6) is 0.343. The van der Waals surface area contributed by atoms with Gasteiger partial charge in [0.05, 0.1) is 25.9 Å². The Morgan fingerprint density at radius 1 is 1.30 bits per heavy atom. The molecule has 0 unspecified atom stereocenters. The summed E-state index contributed by atoms with van der Waals surface area (Å²) in [4.78, 5) is 4.06. The summed E-state index contributed by atoms with van der Waals surface area (Å²) in [5, 5.41) is 0.384. The third-order valence-electron chi connectivity index (χ3n) is 4.57. The molecule has 0 radical (unpaired) electrons. The molecule has 1 N–H and O–H groups in total. The molecular weight excluding hydrogens is 388 g/mol. The number of rotatable bonds is 7. The van der Waals surface area contributed by atoms with Crippen LogP contribution in [0.3, 0.4) is 0 Å². The van der Waals surface area contributed by atoms with Crippen LogP contribution in [0.2, 0.25) is 5.02 Å². The molecule has 1 aromatic carbocycles. The van der Waals surface area contributed by atoms with Crippen LogP contribution < -0.4 is 9.46 Å². The minimum absolute atomic E-state index is 0.0404. The molecular formula is C19H23ClN2O4S. The minimum atomic E-state index is -3.81. The molecule has 2 atom stereocenters. The highest BCUT2D eigenvalue weighted by molar-refractivity contribution is 7.89. The van der Waals surface area contributed by atoms with Crippen molar-refractivity contribution in [2.24, 2.45) is 5.92 Å². The Labute approximate surface area is 164 Å². The van der Waals surface area contributed by atoms with Crippen LogP contribution in [0, 0.1) is 12.8 Å². The number of nitrogens with one attached hydrogen (secondary N) is 1. The van der Waals surface area contributed by atoms with Crippen molar-refractivity contribution in [2.45, 2.75) is 31.2 Å². The van der Waals surface area contributed by atoms with E-state index in [0.717, 1.165) is 11.1 Å². The van der Waals surface area contributed by atoms with Crippen molar-refractivity contribution in [3.8, 4) is 5.75 Å². The lowest BCUT2D eigenvalue weighted by atomic mass is 9.96. The lowest BCUT2D eigenvalue weighted by molar-refractivity contribution is 0.183. The maximum Gasteiger partial charge on any atom is 0.244 e. The summed E-state index contributed by atoms with van der Waals surface area (Å²) in [6.07, 6.45) is 4.17. The average Bonchev–Trinajstić information content (AvgIpc) is 3.05. The minimum Gasteiger partial charge on any atom is -0.492 e. The fourth-order valence-corrected chi connectivity index (χ4v) is 4.80. The normalized spacial score (nSPS) is 20.0. The largest absolute Gasteiger partial charge is 0.492 e. The summed E-state index contributed by atoms with van der Waals surface area (Å²) >= 11 is 6.17. The molecule has 0 aliphatic carbocycles. The molecule has 6 nitrogen and oxygen atoms in total. The summed E-state index contributed by atoms with van der Waals surface area (Å²) in [5.41, 5.74) is 1.86. The first-order valence-corrected chi connectivity index (χ1v) is 10.7. The van der Waals surface area contributed by atoms with Gasteiger partial charge in [0.15, 0.2) is 0 Å². The summed E-state index contributed by atoms with van der Waals surface area (Å²) in [6.45, 7) is 4.81. The lowest BCUT2D eigenvalue weighted by Gasteiger charge is -2.20. The van der Waals surface area contributed by atoms with E-state index in [1.807, 2.05) is 26.0 Å². The fraction of sp³-hybridized carbons (Fsp3) is 0.421. The number of benzene rings is 1. The van der Waals surface area contributed by atoms with E-state index in [2.05, 4.69) is 9.71 Å². The van der Waals surface area contributed by atoms with E-state index >= 15 is 0 Å². The first-order chi connectivity index (χ1) is 12.9. The summed E-state index contributed by atoms with van der Waals surface area (Å²) < 4.78 is 39.9. The molecule has 0 amide bonds. The zero-order valence-corrected chi connectivity index (χ0v) is 16.9. The standard InChI is InChI=1S/C19H23ClN2O4S/c1-3-26-18-8-13(2)16(20)10-19(18)27(23,24)22-17-12-25-11-15(17)9-14-4-6-21-7-5-14/h4-8,10,15,17,22H,3,9,11-12H2,1-2H3/t15-,17-/m1/s1. The highest BCUT2D eigenvalue weighted by atomic mass is 35.5. The van der Waals surface area contributed by atoms with Gasteiger partial charge in [-0.3, -0.25) is 4.98 Å². The molecule has 8 heteroatoms. The zero-order chi connectivity index (χ0) is 19.4. The molecule has 146 valence electrons. The average molecular weight is 411 g/mol. The van der Waals surface area contributed by atoms with E-state index in [9.17, 15) is 8.42 Å². The highest BCUT2D eigenvalue weighted by Gasteiger charge is 2.33. The second-order valence-electron chi connectivity index (χ2n) is 6.57. The molecule has 0 spiro atoms. The molecule has 27 heavy (non-hydrogen) atoms. The number of hydrogen-bond acceptors (Lipinski definition) is 5. The number of halogens is 1. The smallest absolute Gasteiger partial charge is 0.244 e. The van der Waals surface area contributed by atoms with Gasteiger partial charge in [-0.2, -0.15) is 0 Å². The molecule has 1 aliphatic rings. The quantitative estimate of drug-likeness (QED) is 0.759. The summed E-state index contributed by atoms with van der Waals surface area (Å²) in [7, 11) is -3.81. The van der Waals surface area contributed by atoms with E-state index in [4.69, 9.17) is 21.1 Å². The van der Waals surface area contributed by atoms with Gasteiger partial charge in [0.25, 0.3) is 0 Å². The Bertz CT molecular complexity index is 890. The van der Waals surface area contributed by atoms with E-state index in [1.54, 1.807) is 18.5 Å². The Hall–Kier alpha value is -1.67. The van der Waals surface area contributed by atoms with Crippen molar-refractivity contribution in [1.82, 2.24) is 9.71 Å². The van der Waals surface area contributed by atoms with Crippen molar-refractivity contribution in [3.63, 3.8) is 0 Å². The Balaban J connectivity index is 1.82. The number of aromatic nitrogens is 1. The third-order valence-corrected chi connectivity index (χ3v) is 6.48. The van der Waals surface area contributed by atoms with Gasteiger partial charge in [0.1, 0.15) is 10.6 Å². The number of ether oxygens (including phenoxy) is 2. The van der Waals surface area contributed by atoms with Gasteiger partial charge in [0, 0.05) is 23.3 Å². The van der Waals surface area contributed by atoms with Crippen molar-refractivity contribution in [1.29, 1.82) is 0 Å². The molecule has 2 aromatic rings. The fourth-order valence-electron chi connectivity index (χ4n) is 3.13. The molecule has 1 fully saturated rings. The molecule has 1 aliphatic heterocycles. The lowest BCUT2D eigenvalue weighted by Crippen LogP contribution is -2.40. The van der Waals surface area contributed by atoms with E-state index in [-0.39, 0.29) is 16.9 Å². The van der Waals surface area contributed by atoms with Gasteiger partial charge >= 0.3 is 0 Å². The molecule has 0 bridgehead atoms. The van der Waals surface area contributed by atoms with Crippen LogP contribution in [0.5, 0.6) is 5.75 Å². The van der Waals surface area contributed by atoms with Gasteiger partial charge in [-0.25, -0.2) is 13.1 Å². The Morgan fingerprint density at radius 3 is 2.74 bits per heavy atom. The predicted molar refractivity (Wildman–Crippen MR) is 104 cm³/mol. The maximum absolute atomic E-state index is 13.0. The predicted octanol–water partition coefficient (Wildman–Crippen LogP) is 2.98. The van der Waals surface area contributed by atoms with Crippen LogP contribution in [0.1, 0.15) is 18.1 Å². The molecule has 0 saturated carbocycles.